The molecule has 0 spiro atoms. The predicted octanol–water partition coefficient (Wildman–Crippen LogP) is -4.07. The second-order valence-corrected chi connectivity index (χ2v) is 0.289. The summed E-state index contributed by atoms with van der Waals surface area (Å²) in [7, 11) is -2.92. The van der Waals surface area contributed by atoms with Crippen LogP contribution in [-0.2, 0) is 22.5 Å². The first-order valence-corrected chi connectivity index (χ1v) is 0.707. The van der Waals surface area contributed by atoms with Crippen LogP contribution >= 0.6 is 0 Å². The van der Waals surface area contributed by atoms with Gasteiger partial charge in [-0.3, -0.25) is 7.32 Å². The molecule has 0 aliphatic heterocycles. The molecule has 0 fully saturated rings. The van der Waals surface area contributed by atoms with E-state index >= 15 is 0 Å². The van der Waals surface area contributed by atoms with Crippen LogP contribution in [0.2, 0.25) is 0 Å². The van der Waals surface area contributed by atoms with E-state index < -0.39 is 7.32 Å². The van der Waals surface area contributed by atoms with Crippen molar-refractivity contribution >= 4 is 7.32 Å². The zero-order valence-electron chi connectivity index (χ0n) is 2.56. The molecule has 0 amide bonds. The minimum absolute atomic E-state index is 0. The fraction of sp³-hybridized carbons (Fsp3) is 0. The zero-order chi connectivity index (χ0) is 3.58. The van der Waals surface area contributed by atoms with E-state index in [4.69, 9.17) is 15.1 Å². The molecule has 6 heteroatoms. The monoisotopic (exact) mass is 131 g/mol. The van der Waals surface area contributed by atoms with E-state index in [0.29, 0.717) is 0 Å². The Kier molecular flexibility index (Phi) is 24.3. The normalized spacial score (nSPS) is 4.50. The van der Waals surface area contributed by atoms with E-state index in [0.717, 1.165) is 0 Å². The third-order valence-corrected chi connectivity index (χ3v) is 0. The van der Waals surface area contributed by atoms with Gasteiger partial charge in [0.05, 0.1) is 0 Å². The average molecular weight is 131 g/mol. The van der Waals surface area contributed by atoms with Crippen molar-refractivity contribution in [2.75, 3.05) is 0 Å². The smallest absolute Gasteiger partial charge is 2.00 e. The quantitative estimate of drug-likeness (QED) is 0.312. The van der Waals surface area contributed by atoms with E-state index in [9.17, 15) is 0 Å². The first-order valence-electron chi connectivity index (χ1n) is 0.707. The summed E-state index contributed by atoms with van der Waals surface area (Å²) in [4.78, 5) is 0. The molecule has 1 radical (unpaired) electrons. The Morgan fingerprint density at radius 1 is 1.00 bits per heavy atom. The molecule has 0 saturated carbocycles. The molecule has 0 saturated heterocycles. The third kappa shape index (κ3) is 288. The van der Waals surface area contributed by atoms with Crippen molar-refractivity contribution in [3.8, 4) is 0 Å². The van der Waals surface area contributed by atoms with E-state index in [1.165, 1.54) is 0 Å². The maximum atomic E-state index is 8.42. The van der Waals surface area contributed by atoms with Crippen molar-refractivity contribution in [1.82, 2.24) is 0 Å². The van der Waals surface area contributed by atoms with Crippen LogP contribution in [0.1, 0.15) is 0 Å². The van der Waals surface area contributed by atoms with E-state index in [1.807, 2.05) is 0 Å². The van der Waals surface area contributed by atoms with Gasteiger partial charge in [-0.2, -0.15) is 0 Å². The summed E-state index contributed by atoms with van der Waals surface area (Å²) in [6.45, 7) is 0. The summed E-state index contributed by atoms with van der Waals surface area (Å²) in [5, 5.41) is 25.2. The molecule has 0 atom stereocenters. The van der Waals surface area contributed by atoms with Crippen molar-refractivity contribution in [2.24, 2.45) is 0 Å². The van der Waals surface area contributed by atoms with Gasteiger partial charge >= 0.3 is 17.1 Å². The summed E-state index contributed by atoms with van der Waals surface area (Å²) < 4.78 is 0. The summed E-state index contributed by atoms with van der Waals surface area (Å²) in [5.74, 6) is 0. The molecule has 0 aliphatic carbocycles. The van der Waals surface area contributed by atoms with Gasteiger partial charge in [-0.05, 0) is 0 Å². The first kappa shape index (κ1) is 16.1. The molecule has 0 aromatic rings. The summed E-state index contributed by atoms with van der Waals surface area (Å²) >= 11 is 0. The molecular formula is BFeO4. The molecule has 0 aliphatic rings. The Morgan fingerprint density at radius 2 is 1.00 bits per heavy atom. The molecule has 0 N–H and O–H groups in total. The van der Waals surface area contributed by atoms with Gasteiger partial charge in [-0.1, -0.05) is 0 Å². The molecule has 0 aromatic heterocycles. The largest absolute Gasteiger partial charge is 5.00 e. The molecule has 35 valence electrons. The minimum atomic E-state index is -2.92. The molecule has 0 bridgehead atoms. The maximum Gasteiger partial charge on any atom is 5.00 e. The van der Waals surface area contributed by atoms with Crippen LogP contribution in [0.25, 0.3) is 0 Å². The van der Waals surface area contributed by atoms with Gasteiger partial charge in [0, 0.05) is 0 Å². The van der Waals surface area contributed by atoms with Crippen LogP contribution in [0, 0.1) is 0 Å². The van der Waals surface area contributed by atoms with Crippen molar-refractivity contribution in [3.05, 3.63) is 0 Å². The van der Waals surface area contributed by atoms with Gasteiger partial charge < -0.3 is 20.5 Å². The number of rotatable bonds is 0. The van der Waals surface area contributed by atoms with Gasteiger partial charge in [0.2, 0.25) is 0 Å². The second-order valence-electron chi connectivity index (χ2n) is 0.289. The van der Waals surface area contributed by atoms with Gasteiger partial charge in [-0.15, -0.1) is 0 Å². The molecule has 6 heavy (non-hydrogen) atoms. The van der Waals surface area contributed by atoms with E-state index in [1.54, 1.807) is 0 Å². The summed E-state index contributed by atoms with van der Waals surface area (Å²) in [5.41, 5.74) is 0. The predicted molar refractivity (Wildman–Crippen MR) is 6.44 cm³/mol. The van der Waals surface area contributed by atoms with E-state index in [-0.39, 0.29) is 22.5 Å². The first-order chi connectivity index (χ1) is 1.73. The molecule has 0 rings (SSSR count). The standard InChI is InChI=1S/BO3.Fe.O/c2-1(3)4;;/q-3;+5;-2. The third-order valence-electron chi connectivity index (χ3n) is 0. The average Bonchev–Trinajstić information content (AvgIpc) is 0.811. The summed E-state index contributed by atoms with van der Waals surface area (Å²) in [6, 6.07) is 0. The molecule has 0 heterocycles. The van der Waals surface area contributed by atoms with Crippen molar-refractivity contribution < 1.29 is 37.6 Å². The Balaban J connectivity index is -0.0000000450. The van der Waals surface area contributed by atoms with E-state index in [2.05, 4.69) is 0 Å². The van der Waals surface area contributed by atoms with Crippen molar-refractivity contribution in [1.29, 1.82) is 0 Å². The fourth-order valence-corrected chi connectivity index (χ4v) is 0. The van der Waals surface area contributed by atoms with Crippen LogP contribution in [0.4, 0.5) is 0 Å². The van der Waals surface area contributed by atoms with Gasteiger partial charge in [0.1, 0.15) is 0 Å². The van der Waals surface area contributed by atoms with Crippen LogP contribution in [0.15, 0.2) is 0 Å². The summed E-state index contributed by atoms with van der Waals surface area (Å²) in [6.07, 6.45) is 0. The van der Waals surface area contributed by atoms with Crippen LogP contribution in [-0.4, -0.2) is 7.32 Å². The van der Waals surface area contributed by atoms with Gasteiger partial charge in [-0.25, -0.2) is 0 Å². The van der Waals surface area contributed by atoms with Crippen molar-refractivity contribution in [3.63, 3.8) is 0 Å². The second kappa shape index (κ2) is 9.06. The van der Waals surface area contributed by atoms with Crippen LogP contribution < -0.4 is 15.1 Å². The van der Waals surface area contributed by atoms with Crippen LogP contribution in [0.5, 0.6) is 0 Å². The molecular weight excluding hydrogens is 131 g/mol. The molecule has 4 nitrogen and oxygen atoms in total. The fourth-order valence-electron chi connectivity index (χ4n) is 0. The minimum Gasteiger partial charge on any atom is -2.00 e. The van der Waals surface area contributed by atoms with Crippen LogP contribution in [0.3, 0.4) is 0 Å². The Bertz CT molecular complexity index is 12.3. The molecule has 0 aromatic carbocycles. The SMILES string of the molecule is [Fe+5].[O-2].[O-]B([O-])[O-]. The Labute approximate surface area is 45.8 Å². The van der Waals surface area contributed by atoms with Crippen molar-refractivity contribution in [2.45, 2.75) is 0 Å². The maximum absolute atomic E-state index is 8.42. The Morgan fingerprint density at radius 3 is 1.00 bits per heavy atom. The Hall–Kier alpha value is 0.424. The topological polar surface area (TPSA) is 97.7 Å². The zero-order valence-corrected chi connectivity index (χ0v) is 3.67. The number of hydrogen-bond acceptors (Lipinski definition) is 3. The molecule has 0 unspecified atom stereocenters. The van der Waals surface area contributed by atoms with Gasteiger partial charge in [0.15, 0.2) is 0 Å². The van der Waals surface area contributed by atoms with Gasteiger partial charge in [0.25, 0.3) is 0 Å². The number of hydrogen-bond donors (Lipinski definition) is 0.